The Morgan fingerprint density at radius 1 is 1.61 bits per heavy atom. The van der Waals surface area contributed by atoms with Crippen LogP contribution in [0.25, 0.3) is 0 Å². The summed E-state index contributed by atoms with van der Waals surface area (Å²) < 4.78 is 5.32. The molecule has 1 amide bonds. The number of nitrogens with zero attached hydrogens (tertiary/aromatic N) is 1. The van der Waals surface area contributed by atoms with Crippen molar-refractivity contribution in [2.75, 3.05) is 13.2 Å². The smallest absolute Gasteiger partial charge is 0.257 e. The molecule has 1 aromatic rings. The molecule has 100 valence electrons. The maximum Gasteiger partial charge on any atom is 0.257 e. The van der Waals surface area contributed by atoms with Gasteiger partial charge in [-0.2, -0.15) is 0 Å². The van der Waals surface area contributed by atoms with Gasteiger partial charge in [0.15, 0.2) is 0 Å². The normalized spacial score (nSPS) is 19.4. The van der Waals surface area contributed by atoms with E-state index in [1.54, 1.807) is 12.3 Å². The zero-order valence-electron chi connectivity index (χ0n) is 10.9. The monoisotopic (exact) mass is 251 g/mol. The highest BCUT2D eigenvalue weighted by atomic mass is 16.3. The van der Waals surface area contributed by atoms with Crippen LogP contribution in [0.15, 0.2) is 16.7 Å². The van der Waals surface area contributed by atoms with Gasteiger partial charge < -0.3 is 14.4 Å². The van der Waals surface area contributed by atoms with E-state index in [9.17, 15) is 4.79 Å². The van der Waals surface area contributed by atoms with Gasteiger partial charge in [-0.25, -0.2) is 0 Å². The highest BCUT2D eigenvalue weighted by Gasteiger charge is 2.30. The number of hydrogen-bond donors (Lipinski definition) is 1. The molecule has 0 bridgehead atoms. The molecule has 1 aliphatic heterocycles. The summed E-state index contributed by atoms with van der Waals surface area (Å²) in [4.78, 5) is 14.4. The van der Waals surface area contributed by atoms with Crippen LogP contribution in [-0.4, -0.2) is 35.1 Å². The number of aliphatic hydroxyl groups is 1. The van der Waals surface area contributed by atoms with Crippen molar-refractivity contribution in [3.05, 3.63) is 23.7 Å². The van der Waals surface area contributed by atoms with Gasteiger partial charge in [-0.3, -0.25) is 4.79 Å². The van der Waals surface area contributed by atoms with Gasteiger partial charge in [0, 0.05) is 25.6 Å². The van der Waals surface area contributed by atoms with Crippen LogP contribution >= 0.6 is 0 Å². The van der Waals surface area contributed by atoms with Gasteiger partial charge in [-0.1, -0.05) is 6.92 Å². The Bertz CT molecular complexity index is 399. The zero-order chi connectivity index (χ0) is 13.0. The minimum Gasteiger partial charge on any atom is -0.469 e. The number of hydrogen-bond acceptors (Lipinski definition) is 3. The highest BCUT2D eigenvalue weighted by Crippen LogP contribution is 2.25. The molecular weight excluding hydrogens is 230 g/mol. The molecule has 2 heterocycles. The van der Waals surface area contributed by atoms with E-state index in [-0.39, 0.29) is 18.6 Å². The van der Waals surface area contributed by atoms with Crippen LogP contribution < -0.4 is 0 Å². The van der Waals surface area contributed by atoms with Crippen molar-refractivity contribution in [2.24, 2.45) is 0 Å². The highest BCUT2D eigenvalue weighted by molar-refractivity contribution is 5.95. The van der Waals surface area contributed by atoms with Crippen molar-refractivity contribution in [3.63, 3.8) is 0 Å². The third-order valence-corrected chi connectivity index (χ3v) is 3.63. The fourth-order valence-electron chi connectivity index (χ4n) is 2.69. The molecule has 0 aromatic carbocycles. The van der Waals surface area contributed by atoms with Crippen molar-refractivity contribution in [1.29, 1.82) is 0 Å². The van der Waals surface area contributed by atoms with Crippen molar-refractivity contribution in [1.82, 2.24) is 4.90 Å². The zero-order valence-corrected chi connectivity index (χ0v) is 10.9. The standard InChI is InChI=1S/C14H21NO3/c1-2-13-12(7-10-18-13)14(17)15-8-3-5-11(15)6-4-9-16/h7,10-11,16H,2-6,8-9H2,1H3. The summed E-state index contributed by atoms with van der Waals surface area (Å²) in [5.74, 6) is 0.855. The number of likely N-dealkylation sites (tertiary alicyclic amines) is 1. The van der Waals surface area contributed by atoms with E-state index in [1.807, 2.05) is 11.8 Å². The largest absolute Gasteiger partial charge is 0.469 e. The van der Waals surface area contributed by atoms with E-state index in [0.29, 0.717) is 5.56 Å². The topological polar surface area (TPSA) is 53.7 Å². The van der Waals surface area contributed by atoms with Crippen LogP contribution in [0.3, 0.4) is 0 Å². The molecule has 1 N–H and O–H groups in total. The SMILES string of the molecule is CCc1occc1C(=O)N1CCCC1CCCO. The van der Waals surface area contributed by atoms with Crippen LogP contribution in [0.4, 0.5) is 0 Å². The van der Waals surface area contributed by atoms with E-state index in [4.69, 9.17) is 9.52 Å². The quantitative estimate of drug-likeness (QED) is 0.873. The third kappa shape index (κ3) is 2.58. The number of aryl methyl sites for hydroxylation is 1. The molecule has 0 spiro atoms. The first-order chi connectivity index (χ1) is 8.77. The molecule has 4 nitrogen and oxygen atoms in total. The second kappa shape index (κ2) is 6.05. The van der Waals surface area contributed by atoms with E-state index in [1.165, 1.54) is 0 Å². The maximum absolute atomic E-state index is 12.5. The molecule has 1 atom stereocenters. The Balaban J connectivity index is 2.08. The molecule has 1 aromatic heterocycles. The number of carbonyl (C=O) groups excluding carboxylic acids is 1. The van der Waals surface area contributed by atoms with Gasteiger partial charge in [-0.05, 0) is 31.7 Å². The maximum atomic E-state index is 12.5. The second-order valence-corrected chi connectivity index (χ2v) is 4.77. The van der Waals surface area contributed by atoms with Crippen molar-refractivity contribution < 1.29 is 14.3 Å². The van der Waals surface area contributed by atoms with E-state index >= 15 is 0 Å². The Kier molecular flexibility index (Phi) is 4.42. The summed E-state index contributed by atoms with van der Waals surface area (Å²) in [5, 5.41) is 8.90. The minimum absolute atomic E-state index is 0.0843. The van der Waals surface area contributed by atoms with Crippen LogP contribution in [0.1, 0.15) is 48.7 Å². The Morgan fingerprint density at radius 3 is 3.17 bits per heavy atom. The lowest BCUT2D eigenvalue weighted by atomic mass is 10.1. The number of amides is 1. The van der Waals surface area contributed by atoms with Crippen molar-refractivity contribution in [3.8, 4) is 0 Å². The molecule has 1 aliphatic rings. The van der Waals surface area contributed by atoms with Crippen LogP contribution in [-0.2, 0) is 6.42 Å². The van der Waals surface area contributed by atoms with Crippen LogP contribution in [0.5, 0.6) is 0 Å². The molecule has 4 heteroatoms. The minimum atomic E-state index is 0.0843. The fourth-order valence-corrected chi connectivity index (χ4v) is 2.69. The van der Waals surface area contributed by atoms with Crippen molar-refractivity contribution in [2.45, 2.75) is 45.1 Å². The molecule has 0 saturated carbocycles. The second-order valence-electron chi connectivity index (χ2n) is 4.77. The molecular formula is C14H21NO3. The Hall–Kier alpha value is -1.29. The summed E-state index contributed by atoms with van der Waals surface area (Å²) in [5.41, 5.74) is 0.702. The first kappa shape index (κ1) is 13.1. The summed E-state index contributed by atoms with van der Waals surface area (Å²) in [6.45, 7) is 3.01. The van der Waals surface area contributed by atoms with Gasteiger partial charge >= 0.3 is 0 Å². The Labute approximate surface area is 108 Å². The molecule has 1 unspecified atom stereocenters. The van der Waals surface area contributed by atoms with Crippen LogP contribution in [0.2, 0.25) is 0 Å². The van der Waals surface area contributed by atoms with Crippen LogP contribution in [0, 0.1) is 0 Å². The third-order valence-electron chi connectivity index (χ3n) is 3.63. The average Bonchev–Trinajstić information content (AvgIpc) is 3.03. The molecule has 1 saturated heterocycles. The first-order valence-corrected chi connectivity index (χ1v) is 6.76. The summed E-state index contributed by atoms with van der Waals surface area (Å²) >= 11 is 0. The predicted molar refractivity (Wildman–Crippen MR) is 68.5 cm³/mol. The summed E-state index contributed by atoms with van der Waals surface area (Å²) in [6, 6.07) is 2.05. The van der Waals surface area contributed by atoms with E-state index in [2.05, 4.69) is 0 Å². The lowest BCUT2D eigenvalue weighted by Gasteiger charge is -2.24. The first-order valence-electron chi connectivity index (χ1n) is 6.76. The van der Waals surface area contributed by atoms with Gasteiger partial charge in [0.2, 0.25) is 0 Å². The van der Waals surface area contributed by atoms with E-state index in [0.717, 1.165) is 44.4 Å². The Morgan fingerprint density at radius 2 is 2.44 bits per heavy atom. The summed E-state index contributed by atoms with van der Waals surface area (Å²) in [6.07, 6.45) is 6.09. The summed E-state index contributed by atoms with van der Waals surface area (Å²) in [7, 11) is 0. The molecule has 0 aliphatic carbocycles. The number of rotatable bonds is 5. The molecule has 0 radical (unpaired) electrons. The van der Waals surface area contributed by atoms with Gasteiger partial charge in [0.05, 0.1) is 11.8 Å². The number of aliphatic hydroxyl groups excluding tert-OH is 1. The molecule has 2 rings (SSSR count). The van der Waals surface area contributed by atoms with E-state index < -0.39 is 0 Å². The van der Waals surface area contributed by atoms with Gasteiger partial charge in [0.1, 0.15) is 5.76 Å². The van der Waals surface area contributed by atoms with Gasteiger partial charge in [0.25, 0.3) is 5.91 Å². The number of carbonyl (C=O) groups is 1. The lowest BCUT2D eigenvalue weighted by molar-refractivity contribution is 0.0722. The number of furan rings is 1. The predicted octanol–water partition coefficient (Wildman–Crippen LogP) is 2.22. The van der Waals surface area contributed by atoms with Crippen molar-refractivity contribution >= 4 is 5.91 Å². The fraction of sp³-hybridized carbons (Fsp3) is 0.643. The average molecular weight is 251 g/mol. The molecule has 1 fully saturated rings. The lowest BCUT2D eigenvalue weighted by Crippen LogP contribution is -2.35. The van der Waals surface area contributed by atoms with Gasteiger partial charge in [-0.15, -0.1) is 0 Å². The molecule has 18 heavy (non-hydrogen) atoms.